The number of benzene rings is 2. The average Bonchev–Trinajstić information content (AvgIpc) is 3.23. The summed E-state index contributed by atoms with van der Waals surface area (Å²) in [5, 5.41) is 21.9. The van der Waals surface area contributed by atoms with Crippen molar-refractivity contribution in [3.05, 3.63) is 65.2 Å². The molecular weight excluding hydrogens is 503 g/mol. The number of nitrogens with one attached hydrogen (secondary N) is 1. The summed E-state index contributed by atoms with van der Waals surface area (Å²) < 4.78 is 10.6. The first-order valence-electron chi connectivity index (χ1n) is 11.1. The van der Waals surface area contributed by atoms with Crippen LogP contribution in [0.15, 0.2) is 48.5 Å². The fourth-order valence-corrected chi connectivity index (χ4v) is 4.41. The lowest BCUT2D eigenvalue weighted by atomic mass is 9.99. The number of aliphatic hydroxyl groups is 2. The number of β-amino-alcohol motifs (C(OH)–C–C–N with tert-alkyl or cyclic N) is 1. The first-order valence-corrected chi connectivity index (χ1v) is 12.2. The van der Waals surface area contributed by atoms with E-state index in [9.17, 15) is 15.0 Å². The van der Waals surface area contributed by atoms with Crippen molar-refractivity contribution in [2.45, 2.75) is 47.8 Å². The molecule has 2 heterocycles. The van der Waals surface area contributed by atoms with Crippen molar-refractivity contribution in [3.63, 3.8) is 0 Å². The molecule has 3 N–H and O–H groups in total. The molecule has 2 aromatic rings. The maximum Gasteiger partial charge on any atom is 0.276 e. The number of hydrogen-bond donors (Lipinski definition) is 3. The Labute approximate surface area is 213 Å². The molecule has 2 aromatic carbocycles. The van der Waals surface area contributed by atoms with Crippen LogP contribution in [0.25, 0.3) is 0 Å². The van der Waals surface area contributed by atoms with Crippen LogP contribution in [0.2, 0.25) is 0 Å². The lowest BCUT2D eigenvalue weighted by Crippen LogP contribution is -2.38. The van der Waals surface area contributed by atoms with Gasteiger partial charge in [0.15, 0.2) is 6.29 Å². The number of anilines is 1. The van der Waals surface area contributed by atoms with E-state index in [1.54, 1.807) is 18.2 Å². The molecular formula is C24H27Cl3N2O5. The highest BCUT2D eigenvalue weighted by molar-refractivity contribution is 6.76. The molecule has 2 aliphatic heterocycles. The van der Waals surface area contributed by atoms with Gasteiger partial charge in [-0.3, -0.25) is 9.69 Å². The second-order valence-electron chi connectivity index (χ2n) is 8.63. The Hall–Kier alpha value is -1.42. The SMILES string of the molecule is O=C(Nc1cccc([C@@H]2O[C@H](CN3CC[C@H](O)C3)C[C@H](c3ccc(CO)cc3)O2)c1)C(Cl)(Cl)Cl. The zero-order valence-electron chi connectivity index (χ0n) is 18.4. The van der Waals surface area contributed by atoms with Gasteiger partial charge in [-0.25, -0.2) is 0 Å². The van der Waals surface area contributed by atoms with Crippen LogP contribution >= 0.6 is 34.8 Å². The first kappa shape index (κ1) is 25.7. The molecule has 0 saturated carbocycles. The topological polar surface area (TPSA) is 91.3 Å². The van der Waals surface area contributed by atoms with E-state index in [4.69, 9.17) is 44.3 Å². The van der Waals surface area contributed by atoms with Crippen LogP contribution in [0.5, 0.6) is 0 Å². The van der Waals surface area contributed by atoms with Gasteiger partial charge in [0.2, 0.25) is 0 Å². The van der Waals surface area contributed by atoms with E-state index in [0.29, 0.717) is 30.8 Å². The summed E-state index contributed by atoms with van der Waals surface area (Å²) in [4.78, 5) is 14.3. The largest absolute Gasteiger partial charge is 0.392 e. The Balaban J connectivity index is 1.54. The molecule has 0 bridgehead atoms. The van der Waals surface area contributed by atoms with Gasteiger partial charge in [0.25, 0.3) is 9.70 Å². The predicted molar refractivity (Wildman–Crippen MR) is 131 cm³/mol. The average molecular weight is 530 g/mol. The quantitative estimate of drug-likeness (QED) is 0.488. The van der Waals surface area contributed by atoms with Crippen LogP contribution in [0, 0.1) is 0 Å². The van der Waals surface area contributed by atoms with Gasteiger partial charge in [-0.1, -0.05) is 71.2 Å². The van der Waals surface area contributed by atoms with Crippen LogP contribution in [0.3, 0.4) is 0 Å². The van der Waals surface area contributed by atoms with Gasteiger partial charge < -0.3 is 25.0 Å². The van der Waals surface area contributed by atoms with Gasteiger partial charge in [-0.2, -0.15) is 0 Å². The van der Waals surface area contributed by atoms with Gasteiger partial charge in [-0.15, -0.1) is 0 Å². The molecule has 4 atom stereocenters. The zero-order chi connectivity index (χ0) is 24.3. The smallest absolute Gasteiger partial charge is 0.276 e. The zero-order valence-corrected chi connectivity index (χ0v) is 20.6. The first-order chi connectivity index (χ1) is 16.2. The maximum absolute atomic E-state index is 12.1. The van der Waals surface area contributed by atoms with Crippen molar-refractivity contribution in [3.8, 4) is 0 Å². The fourth-order valence-electron chi connectivity index (χ4n) is 4.26. The number of aliphatic hydroxyl groups excluding tert-OH is 2. The molecule has 2 fully saturated rings. The van der Waals surface area contributed by atoms with Crippen molar-refractivity contribution >= 4 is 46.4 Å². The minimum atomic E-state index is -2.08. The molecule has 0 radical (unpaired) electrons. The second kappa shape index (κ2) is 11.1. The molecule has 4 rings (SSSR count). The van der Waals surface area contributed by atoms with Crippen LogP contribution in [-0.4, -0.2) is 56.7 Å². The summed E-state index contributed by atoms with van der Waals surface area (Å²) in [5.74, 6) is -0.757. The Morgan fingerprint density at radius 2 is 1.88 bits per heavy atom. The third-order valence-corrected chi connectivity index (χ3v) is 6.51. The number of amides is 1. The molecule has 2 saturated heterocycles. The van der Waals surface area contributed by atoms with Gasteiger partial charge in [0.05, 0.1) is 24.9 Å². The van der Waals surface area contributed by atoms with Crippen molar-refractivity contribution in [1.82, 2.24) is 4.90 Å². The third-order valence-electron chi connectivity index (χ3n) is 6.00. The van der Waals surface area contributed by atoms with Gasteiger partial charge in [0, 0.05) is 37.3 Å². The van der Waals surface area contributed by atoms with Crippen molar-refractivity contribution < 1.29 is 24.5 Å². The van der Waals surface area contributed by atoms with E-state index < -0.39 is 16.0 Å². The van der Waals surface area contributed by atoms with Crippen LogP contribution < -0.4 is 5.32 Å². The van der Waals surface area contributed by atoms with Crippen molar-refractivity contribution in [2.75, 3.05) is 25.0 Å². The molecule has 7 nitrogen and oxygen atoms in total. The number of halogens is 3. The minimum absolute atomic E-state index is 0.0237. The van der Waals surface area contributed by atoms with E-state index in [2.05, 4.69) is 10.2 Å². The second-order valence-corrected chi connectivity index (χ2v) is 10.9. The molecule has 1 amide bonds. The normalized spacial score (nSPS) is 25.9. The van der Waals surface area contributed by atoms with Crippen LogP contribution in [0.4, 0.5) is 5.69 Å². The molecule has 184 valence electrons. The Morgan fingerprint density at radius 3 is 2.53 bits per heavy atom. The standard InChI is InChI=1S/C24H27Cl3N2O5/c25-24(26,27)23(32)28-18-3-1-2-17(10-18)22-33-20(13-29-9-8-19(31)12-29)11-21(34-22)16-6-4-15(14-30)5-7-16/h1-7,10,19-22,30-31H,8-9,11-14H2,(H,28,32)/t19-,20-,21+,22+/m0/s1. The van der Waals surface area contributed by atoms with E-state index in [-0.39, 0.29) is 24.9 Å². The molecule has 2 aliphatic rings. The number of ether oxygens (including phenoxy) is 2. The number of likely N-dealkylation sites (tertiary alicyclic amines) is 1. The van der Waals surface area contributed by atoms with Crippen LogP contribution in [0.1, 0.15) is 41.9 Å². The molecule has 0 unspecified atom stereocenters. The number of rotatable bonds is 6. The molecule has 0 spiro atoms. The Kier molecular flexibility index (Phi) is 8.38. The molecule has 34 heavy (non-hydrogen) atoms. The number of alkyl halides is 3. The summed E-state index contributed by atoms with van der Waals surface area (Å²) in [6, 6.07) is 14.7. The van der Waals surface area contributed by atoms with E-state index in [1.807, 2.05) is 30.3 Å². The predicted octanol–water partition coefficient (Wildman–Crippen LogP) is 4.10. The minimum Gasteiger partial charge on any atom is -0.392 e. The highest BCUT2D eigenvalue weighted by atomic mass is 35.6. The highest BCUT2D eigenvalue weighted by Gasteiger charge is 2.35. The highest BCUT2D eigenvalue weighted by Crippen LogP contribution is 2.39. The number of nitrogens with zero attached hydrogens (tertiary/aromatic N) is 1. The van der Waals surface area contributed by atoms with Crippen molar-refractivity contribution in [2.24, 2.45) is 0 Å². The van der Waals surface area contributed by atoms with Gasteiger partial charge >= 0.3 is 0 Å². The van der Waals surface area contributed by atoms with E-state index >= 15 is 0 Å². The third kappa shape index (κ3) is 6.62. The number of hydrogen-bond acceptors (Lipinski definition) is 6. The summed E-state index contributed by atoms with van der Waals surface area (Å²) in [5.41, 5.74) is 2.98. The van der Waals surface area contributed by atoms with E-state index in [1.165, 1.54) is 0 Å². The fraction of sp³-hybridized carbons (Fsp3) is 0.458. The summed E-state index contributed by atoms with van der Waals surface area (Å²) in [7, 11) is 0. The summed E-state index contributed by atoms with van der Waals surface area (Å²) in [6.45, 7) is 2.09. The van der Waals surface area contributed by atoms with E-state index in [0.717, 1.165) is 24.1 Å². The maximum atomic E-state index is 12.1. The van der Waals surface area contributed by atoms with Crippen LogP contribution in [-0.2, 0) is 20.9 Å². The lowest BCUT2D eigenvalue weighted by molar-refractivity contribution is -0.252. The van der Waals surface area contributed by atoms with Gasteiger partial charge in [0.1, 0.15) is 0 Å². The monoisotopic (exact) mass is 528 g/mol. The number of carbonyl (C=O) groups excluding carboxylic acids is 1. The van der Waals surface area contributed by atoms with Gasteiger partial charge in [-0.05, 0) is 29.7 Å². The summed E-state index contributed by atoms with van der Waals surface area (Å²) >= 11 is 17.0. The number of carbonyl (C=O) groups is 1. The molecule has 0 aliphatic carbocycles. The van der Waals surface area contributed by atoms with Crippen molar-refractivity contribution in [1.29, 1.82) is 0 Å². The Morgan fingerprint density at radius 1 is 1.12 bits per heavy atom. The lowest BCUT2D eigenvalue weighted by Gasteiger charge is -2.38. The molecule has 10 heteroatoms. The summed E-state index contributed by atoms with van der Waals surface area (Å²) in [6.07, 6.45) is 0.0399. The molecule has 0 aromatic heterocycles. The Bertz CT molecular complexity index is 985.